The monoisotopic (exact) mass is 185 g/mol. The maximum absolute atomic E-state index is 10.8. The molecule has 0 atom stereocenters. The topological polar surface area (TPSA) is 60.2 Å². The molecule has 1 aromatic heterocycles. The molecule has 0 aliphatic carbocycles. The van der Waals surface area contributed by atoms with E-state index in [1.54, 1.807) is 6.92 Å². The van der Waals surface area contributed by atoms with Gasteiger partial charge in [0.15, 0.2) is 5.78 Å². The van der Waals surface area contributed by atoms with Crippen LogP contribution >= 0.6 is 11.3 Å². The van der Waals surface area contributed by atoms with E-state index in [-0.39, 0.29) is 11.5 Å². The second-order valence-corrected chi connectivity index (χ2v) is 3.62. The van der Waals surface area contributed by atoms with Gasteiger partial charge in [0.2, 0.25) is 0 Å². The Bertz CT molecular complexity index is 342. The van der Waals surface area contributed by atoms with E-state index < -0.39 is 4.92 Å². The number of ketones is 1. The van der Waals surface area contributed by atoms with E-state index in [9.17, 15) is 14.9 Å². The molecule has 0 aromatic carbocycles. The summed E-state index contributed by atoms with van der Waals surface area (Å²) in [7, 11) is 0. The van der Waals surface area contributed by atoms with Gasteiger partial charge in [-0.25, -0.2) is 0 Å². The van der Waals surface area contributed by atoms with Gasteiger partial charge in [-0.05, 0) is 13.8 Å². The van der Waals surface area contributed by atoms with E-state index in [0.717, 1.165) is 11.3 Å². The predicted molar refractivity (Wildman–Crippen MR) is 45.7 cm³/mol. The Labute approximate surface area is 73.0 Å². The molecule has 5 heteroatoms. The highest BCUT2D eigenvalue weighted by Crippen LogP contribution is 2.27. The van der Waals surface area contributed by atoms with Crippen LogP contribution in [0.5, 0.6) is 0 Å². The van der Waals surface area contributed by atoms with Crippen molar-refractivity contribution in [2.75, 3.05) is 0 Å². The van der Waals surface area contributed by atoms with Crippen LogP contribution in [0.25, 0.3) is 0 Å². The number of thiophene rings is 1. The second kappa shape index (κ2) is 3.02. The zero-order valence-corrected chi connectivity index (χ0v) is 7.47. The number of hydrogen-bond donors (Lipinski definition) is 0. The van der Waals surface area contributed by atoms with Gasteiger partial charge in [0, 0.05) is 6.07 Å². The number of carbonyl (C=O) groups is 1. The summed E-state index contributed by atoms with van der Waals surface area (Å²) in [5, 5.41) is 10.4. The molecule has 0 N–H and O–H groups in total. The summed E-state index contributed by atoms with van der Waals surface area (Å²) in [5.74, 6) is -0.129. The zero-order valence-electron chi connectivity index (χ0n) is 6.66. The maximum atomic E-state index is 10.8. The van der Waals surface area contributed by atoms with E-state index in [4.69, 9.17) is 0 Å². The largest absolute Gasteiger partial charge is 0.294 e. The van der Waals surface area contributed by atoms with Gasteiger partial charge in [-0.15, -0.1) is 11.3 Å². The van der Waals surface area contributed by atoms with Crippen LogP contribution in [-0.4, -0.2) is 10.7 Å². The predicted octanol–water partition coefficient (Wildman–Crippen LogP) is 2.17. The van der Waals surface area contributed by atoms with Crippen molar-refractivity contribution in [3.63, 3.8) is 0 Å². The molecule has 4 nitrogen and oxygen atoms in total. The highest BCUT2D eigenvalue weighted by Gasteiger charge is 2.16. The van der Waals surface area contributed by atoms with Gasteiger partial charge >= 0.3 is 0 Å². The summed E-state index contributed by atoms with van der Waals surface area (Å²) in [6.07, 6.45) is 0. The third kappa shape index (κ3) is 1.50. The molecule has 12 heavy (non-hydrogen) atoms. The average Bonchev–Trinajstić information content (AvgIpc) is 2.30. The molecular weight excluding hydrogens is 178 g/mol. The average molecular weight is 185 g/mol. The Morgan fingerprint density at radius 3 is 2.50 bits per heavy atom. The Morgan fingerprint density at radius 1 is 1.67 bits per heavy atom. The minimum atomic E-state index is -0.474. The number of nitro groups is 1. The van der Waals surface area contributed by atoms with Crippen LogP contribution in [0, 0.1) is 17.0 Å². The summed E-state index contributed by atoms with van der Waals surface area (Å²) >= 11 is 1.16. The molecule has 0 radical (unpaired) electrons. The number of rotatable bonds is 2. The summed E-state index contributed by atoms with van der Waals surface area (Å²) in [5.41, 5.74) is 0.0326. The highest BCUT2D eigenvalue weighted by atomic mass is 32.1. The maximum Gasteiger partial charge on any atom is 0.283 e. The number of hydrogen-bond acceptors (Lipinski definition) is 4. The lowest BCUT2D eigenvalue weighted by Crippen LogP contribution is -1.87. The van der Waals surface area contributed by atoms with Crippen LogP contribution in [-0.2, 0) is 0 Å². The van der Waals surface area contributed by atoms with Crippen LogP contribution in [0.1, 0.15) is 21.5 Å². The Morgan fingerprint density at radius 2 is 2.25 bits per heavy atom. The SMILES string of the molecule is CC(=O)c1cc([N+](=O)[O-])c(C)s1. The lowest BCUT2D eigenvalue weighted by Gasteiger charge is -1.83. The van der Waals surface area contributed by atoms with Crippen molar-refractivity contribution in [3.8, 4) is 0 Å². The van der Waals surface area contributed by atoms with Crippen molar-refractivity contribution in [1.29, 1.82) is 0 Å². The van der Waals surface area contributed by atoms with Crippen LogP contribution in [0.3, 0.4) is 0 Å². The van der Waals surface area contributed by atoms with Crippen molar-refractivity contribution in [2.45, 2.75) is 13.8 Å². The van der Waals surface area contributed by atoms with Gasteiger partial charge in [0.1, 0.15) is 0 Å². The first-order chi connectivity index (χ1) is 5.52. The first-order valence-electron chi connectivity index (χ1n) is 3.28. The summed E-state index contributed by atoms with van der Waals surface area (Å²) < 4.78 is 0. The number of nitrogens with zero attached hydrogens (tertiary/aromatic N) is 1. The lowest BCUT2D eigenvalue weighted by molar-refractivity contribution is -0.385. The molecule has 0 amide bonds. The molecule has 1 heterocycles. The van der Waals surface area contributed by atoms with Crippen LogP contribution in [0.2, 0.25) is 0 Å². The number of aryl methyl sites for hydroxylation is 1. The first kappa shape index (κ1) is 8.86. The molecule has 0 fully saturated rings. The van der Waals surface area contributed by atoms with Crippen molar-refractivity contribution >= 4 is 22.8 Å². The molecule has 0 aliphatic heterocycles. The van der Waals surface area contributed by atoms with E-state index in [1.165, 1.54) is 13.0 Å². The Balaban J connectivity index is 3.17. The van der Waals surface area contributed by atoms with E-state index in [1.807, 2.05) is 0 Å². The number of Topliss-reactive ketones (excluding diaryl/α,β-unsaturated/α-hetero) is 1. The van der Waals surface area contributed by atoms with Crippen LogP contribution in [0.15, 0.2) is 6.07 Å². The van der Waals surface area contributed by atoms with Gasteiger partial charge < -0.3 is 0 Å². The molecule has 0 aliphatic rings. The third-order valence-corrected chi connectivity index (χ3v) is 2.58. The van der Waals surface area contributed by atoms with Crippen molar-refractivity contribution in [3.05, 3.63) is 25.9 Å². The molecule has 0 saturated heterocycles. The van der Waals surface area contributed by atoms with Crippen molar-refractivity contribution in [2.24, 2.45) is 0 Å². The van der Waals surface area contributed by atoms with Gasteiger partial charge in [-0.2, -0.15) is 0 Å². The Kier molecular flexibility index (Phi) is 2.23. The molecule has 1 rings (SSSR count). The molecule has 0 spiro atoms. The smallest absolute Gasteiger partial charge is 0.283 e. The molecule has 0 unspecified atom stereocenters. The van der Waals surface area contributed by atoms with Crippen molar-refractivity contribution < 1.29 is 9.72 Å². The molecule has 64 valence electrons. The van der Waals surface area contributed by atoms with Gasteiger partial charge in [-0.1, -0.05) is 0 Å². The van der Waals surface area contributed by atoms with Crippen molar-refractivity contribution in [1.82, 2.24) is 0 Å². The molecule has 0 saturated carbocycles. The van der Waals surface area contributed by atoms with E-state index in [2.05, 4.69) is 0 Å². The zero-order chi connectivity index (χ0) is 9.30. The highest BCUT2D eigenvalue weighted by molar-refractivity contribution is 7.14. The normalized spacial score (nSPS) is 9.83. The number of carbonyl (C=O) groups excluding carboxylic acids is 1. The van der Waals surface area contributed by atoms with Gasteiger partial charge in [0.05, 0.1) is 14.7 Å². The van der Waals surface area contributed by atoms with Gasteiger partial charge in [0.25, 0.3) is 5.69 Å². The van der Waals surface area contributed by atoms with Crippen LogP contribution < -0.4 is 0 Å². The molecule has 0 bridgehead atoms. The quantitative estimate of drug-likeness (QED) is 0.403. The fourth-order valence-electron chi connectivity index (χ4n) is 0.827. The van der Waals surface area contributed by atoms with E-state index in [0.29, 0.717) is 9.75 Å². The lowest BCUT2D eigenvalue weighted by atomic mass is 10.3. The first-order valence-corrected chi connectivity index (χ1v) is 4.09. The fourth-order valence-corrected chi connectivity index (χ4v) is 1.71. The van der Waals surface area contributed by atoms with Crippen LogP contribution in [0.4, 0.5) is 5.69 Å². The minimum Gasteiger partial charge on any atom is -0.294 e. The third-order valence-electron chi connectivity index (χ3n) is 1.44. The molecule has 1 aromatic rings. The summed E-state index contributed by atoms with van der Waals surface area (Å²) in [6, 6.07) is 1.32. The summed E-state index contributed by atoms with van der Waals surface area (Å²) in [6.45, 7) is 3.03. The Hall–Kier alpha value is -1.23. The molecular formula is C7H7NO3S. The minimum absolute atomic E-state index is 0.0326. The standard InChI is InChI=1S/C7H7NO3S/c1-4(9)7-3-6(8(10)11)5(2)12-7/h3H,1-2H3. The van der Waals surface area contributed by atoms with E-state index >= 15 is 0 Å². The van der Waals surface area contributed by atoms with Gasteiger partial charge in [-0.3, -0.25) is 14.9 Å². The fraction of sp³-hybridized carbons (Fsp3) is 0.286. The summed E-state index contributed by atoms with van der Waals surface area (Å²) in [4.78, 5) is 21.7. The second-order valence-electron chi connectivity index (χ2n) is 2.37.